The molecule has 0 fully saturated rings. The van der Waals surface area contributed by atoms with Crippen molar-refractivity contribution in [3.05, 3.63) is 52.0 Å². The van der Waals surface area contributed by atoms with Gasteiger partial charge in [-0.05, 0) is 42.2 Å². The molecule has 0 aromatic heterocycles. The minimum Gasteiger partial charge on any atom is -0.497 e. The summed E-state index contributed by atoms with van der Waals surface area (Å²) in [5.41, 5.74) is 0.766. The highest BCUT2D eigenvalue weighted by atomic mass is 35.5. The molecule has 38 heavy (non-hydrogen) atoms. The first kappa shape index (κ1) is 31.5. The smallest absolute Gasteiger partial charge is 0.244 e. The van der Waals surface area contributed by atoms with Crippen LogP contribution >= 0.6 is 23.2 Å². The first-order valence-electron chi connectivity index (χ1n) is 12.0. The maximum absolute atomic E-state index is 13.8. The van der Waals surface area contributed by atoms with Gasteiger partial charge >= 0.3 is 0 Å². The highest BCUT2D eigenvalue weighted by molar-refractivity contribution is 7.92. The number of nitrogens with zero attached hydrogens (tertiary/aromatic N) is 2. The molecule has 210 valence electrons. The molecule has 0 bridgehead atoms. The number of anilines is 1. The van der Waals surface area contributed by atoms with E-state index in [4.69, 9.17) is 32.7 Å². The second kappa shape index (κ2) is 13.9. The minimum atomic E-state index is -3.95. The standard InChI is InChI=1S/C26H35Cl2N3O6S/c1-7-22(26(33)29-14-17(2)3)30(15-18-8-10-20(27)21(28)12-18)25(32)16-31(38(6,34)35)23-13-19(36-4)9-11-24(23)37-5/h8-13,17,22H,7,14-16H2,1-6H3,(H,29,33)/t22-/m1/s1. The van der Waals surface area contributed by atoms with Crippen LogP contribution in [0.1, 0.15) is 32.8 Å². The van der Waals surface area contributed by atoms with Gasteiger partial charge in [-0.3, -0.25) is 13.9 Å². The number of amides is 2. The van der Waals surface area contributed by atoms with Crippen LogP contribution in [-0.2, 0) is 26.2 Å². The fourth-order valence-corrected chi connectivity index (χ4v) is 4.93. The molecule has 12 heteroatoms. The number of hydrogen-bond acceptors (Lipinski definition) is 6. The number of benzene rings is 2. The maximum Gasteiger partial charge on any atom is 0.244 e. The third-order valence-corrected chi connectivity index (χ3v) is 7.61. The topological polar surface area (TPSA) is 105 Å². The highest BCUT2D eigenvalue weighted by Gasteiger charge is 2.33. The van der Waals surface area contributed by atoms with Crippen molar-refractivity contribution in [1.29, 1.82) is 0 Å². The first-order chi connectivity index (χ1) is 17.8. The average Bonchev–Trinajstić information content (AvgIpc) is 2.86. The van der Waals surface area contributed by atoms with Crippen LogP contribution in [0.2, 0.25) is 10.0 Å². The SMILES string of the molecule is CC[C@H](C(=O)NCC(C)C)N(Cc1ccc(Cl)c(Cl)c1)C(=O)CN(c1cc(OC)ccc1OC)S(C)(=O)=O. The number of ether oxygens (including phenoxy) is 2. The molecule has 0 radical (unpaired) electrons. The Morgan fingerprint density at radius 1 is 1.03 bits per heavy atom. The lowest BCUT2D eigenvalue weighted by molar-refractivity contribution is -0.140. The molecule has 9 nitrogen and oxygen atoms in total. The van der Waals surface area contributed by atoms with E-state index >= 15 is 0 Å². The van der Waals surface area contributed by atoms with Crippen molar-refractivity contribution in [2.45, 2.75) is 39.8 Å². The van der Waals surface area contributed by atoms with E-state index in [1.807, 2.05) is 13.8 Å². The van der Waals surface area contributed by atoms with Gasteiger partial charge in [0.05, 0.1) is 36.2 Å². The van der Waals surface area contributed by atoms with Crippen molar-refractivity contribution in [1.82, 2.24) is 10.2 Å². The molecular weight excluding hydrogens is 553 g/mol. The monoisotopic (exact) mass is 587 g/mol. The summed E-state index contributed by atoms with van der Waals surface area (Å²) in [7, 11) is -1.11. The molecule has 2 aromatic rings. The van der Waals surface area contributed by atoms with Gasteiger partial charge in [-0.1, -0.05) is 50.0 Å². The summed E-state index contributed by atoms with van der Waals surface area (Å²) in [5, 5.41) is 3.52. The normalized spacial score (nSPS) is 12.1. The van der Waals surface area contributed by atoms with Crippen molar-refractivity contribution >= 4 is 50.7 Å². The highest BCUT2D eigenvalue weighted by Crippen LogP contribution is 2.34. The molecule has 2 amide bonds. The summed E-state index contributed by atoms with van der Waals surface area (Å²) in [6.07, 6.45) is 1.30. The second-order valence-electron chi connectivity index (χ2n) is 9.14. The van der Waals surface area contributed by atoms with Gasteiger partial charge in [0.15, 0.2) is 0 Å². The van der Waals surface area contributed by atoms with Crippen LogP contribution in [0.25, 0.3) is 0 Å². The van der Waals surface area contributed by atoms with Crippen LogP contribution < -0.4 is 19.1 Å². The van der Waals surface area contributed by atoms with Gasteiger partial charge in [-0.25, -0.2) is 8.42 Å². The van der Waals surface area contributed by atoms with E-state index in [1.54, 1.807) is 37.3 Å². The first-order valence-corrected chi connectivity index (χ1v) is 14.6. The summed E-state index contributed by atoms with van der Waals surface area (Å²) >= 11 is 12.3. The van der Waals surface area contributed by atoms with Gasteiger partial charge in [0.25, 0.3) is 0 Å². The molecule has 0 heterocycles. The van der Waals surface area contributed by atoms with Gasteiger partial charge in [-0.15, -0.1) is 0 Å². The maximum atomic E-state index is 13.8. The fraction of sp³-hybridized carbons (Fsp3) is 0.462. The Kier molecular flexibility index (Phi) is 11.5. The number of carbonyl (C=O) groups excluding carboxylic acids is 2. The summed E-state index contributed by atoms with van der Waals surface area (Å²) in [5.74, 6) is -0.0924. The van der Waals surface area contributed by atoms with Crippen LogP contribution in [0.3, 0.4) is 0 Å². The third-order valence-electron chi connectivity index (χ3n) is 5.74. The lowest BCUT2D eigenvalue weighted by Gasteiger charge is -2.33. The quantitative estimate of drug-likeness (QED) is 0.373. The Hall–Kier alpha value is -2.69. The minimum absolute atomic E-state index is 0.0101. The zero-order chi connectivity index (χ0) is 28.6. The molecule has 0 aliphatic heterocycles. The van der Waals surface area contributed by atoms with Crippen LogP contribution in [-0.4, -0.2) is 64.7 Å². The summed E-state index contributed by atoms with van der Waals surface area (Å²) in [6.45, 7) is 5.58. The van der Waals surface area contributed by atoms with Gasteiger partial charge in [0.2, 0.25) is 21.8 Å². The summed E-state index contributed by atoms with van der Waals surface area (Å²) in [4.78, 5) is 28.3. The number of nitrogens with one attached hydrogen (secondary N) is 1. The number of hydrogen-bond donors (Lipinski definition) is 1. The van der Waals surface area contributed by atoms with Crippen LogP contribution in [0.4, 0.5) is 5.69 Å². The van der Waals surface area contributed by atoms with Crippen molar-refractivity contribution in [3.8, 4) is 11.5 Å². The summed E-state index contributed by atoms with van der Waals surface area (Å²) < 4.78 is 37.4. The van der Waals surface area contributed by atoms with Crippen molar-refractivity contribution < 1.29 is 27.5 Å². The van der Waals surface area contributed by atoms with Crippen LogP contribution in [0, 0.1) is 5.92 Å². The number of rotatable bonds is 13. The Labute approximate surface area is 235 Å². The van der Waals surface area contributed by atoms with E-state index < -0.39 is 28.5 Å². The molecule has 0 unspecified atom stereocenters. The van der Waals surface area contributed by atoms with E-state index in [0.29, 0.717) is 34.3 Å². The fourth-order valence-electron chi connectivity index (χ4n) is 3.76. The molecule has 0 saturated carbocycles. The van der Waals surface area contributed by atoms with Gasteiger partial charge in [-0.2, -0.15) is 0 Å². The van der Waals surface area contributed by atoms with Gasteiger partial charge in [0, 0.05) is 19.2 Å². The van der Waals surface area contributed by atoms with Crippen molar-refractivity contribution in [2.24, 2.45) is 5.92 Å². The molecule has 1 N–H and O–H groups in total. The number of halogens is 2. The molecule has 0 aliphatic carbocycles. The third kappa shape index (κ3) is 8.41. The number of carbonyl (C=O) groups is 2. The molecular formula is C26H35Cl2N3O6S. The molecule has 0 saturated heterocycles. The zero-order valence-electron chi connectivity index (χ0n) is 22.5. The Balaban J connectivity index is 2.53. The van der Waals surface area contributed by atoms with Crippen molar-refractivity contribution in [3.63, 3.8) is 0 Å². The largest absolute Gasteiger partial charge is 0.497 e. The lowest BCUT2D eigenvalue weighted by atomic mass is 10.1. The van der Waals surface area contributed by atoms with Crippen LogP contribution in [0.5, 0.6) is 11.5 Å². The Morgan fingerprint density at radius 3 is 2.24 bits per heavy atom. The predicted molar refractivity (Wildman–Crippen MR) is 151 cm³/mol. The molecule has 1 atom stereocenters. The van der Waals surface area contributed by atoms with Gasteiger partial charge < -0.3 is 19.7 Å². The molecule has 2 rings (SSSR count). The zero-order valence-corrected chi connectivity index (χ0v) is 24.8. The predicted octanol–water partition coefficient (Wildman–Crippen LogP) is 4.36. The Bertz CT molecular complexity index is 1240. The second-order valence-corrected chi connectivity index (χ2v) is 11.9. The van der Waals surface area contributed by atoms with Crippen LogP contribution in [0.15, 0.2) is 36.4 Å². The summed E-state index contributed by atoms with van der Waals surface area (Å²) in [6, 6.07) is 8.71. The number of methoxy groups -OCH3 is 2. The molecule has 0 spiro atoms. The molecule has 2 aromatic carbocycles. The van der Waals surface area contributed by atoms with Gasteiger partial charge in [0.1, 0.15) is 24.1 Å². The van der Waals surface area contributed by atoms with E-state index in [0.717, 1.165) is 10.6 Å². The average molecular weight is 589 g/mol. The lowest BCUT2D eigenvalue weighted by Crippen LogP contribution is -2.52. The molecule has 0 aliphatic rings. The van der Waals surface area contributed by atoms with E-state index in [2.05, 4.69) is 5.32 Å². The van der Waals surface area contributed by atoms with E-state index in [1.165, 1.54) is 25.2 Å². The number of sulfonamides is 1. The van der Waals surface area contributed by atoms with Crippen molar-refractivity contribution in [2.75, 3.05) is 37.9 Å². The van der Waals surface area contributed by atoms with E-state index in [-0.39, 0.29) is 29.8 Å². The Morgan fingerprint density at radius 2 is 1.71 bits per heavy atom. The van der Waals surface area contributed by atoms with E-state index in [9.17, 15) is 18.0 Å².